The smallest absolute Gasteiger partial charge is 0.337 e. The Labute approximate surface area is 104 Å². The molecule has 17 heavy (non-hydrogen) atoms. The van der Waals surface area contributed by atoms with E-state index in [2.05, 4.69) is 5.32 Å². The highest BCUT2D eigenvalue weighted by molar-refractivity contribution is 6.31. The first kappa shape index (κ1) is 13.8. The number of benzene rings is 1. The molecule has 0 radical (unpaired) electrons. The van der Waals surface area contributed by atoms with Crippen LogP contribution in [0.1, 0.15) is 10.4 Å². The molecular weight excluding hydrogens is 246 g/mol. The number of aliphatic hydroxyl groups excluding tert-OH is 1. The summed E-state index contributed by atoms with van der Waals surface area (Å²) >= 11 is 5.80. The number of hydrogen-bond donors (Lipinski definition) is 3. The summed E-state index contributed by atoms with van der Waals surface area (Å²) in [5, 5.41) is 21.4. The van der Waals surface area contributed by atoms with Crippen LogP contribution in [0.3, 0.4) is 0 Å². The Bertz CT molecular complexity index is 397. The third kappa shape index (κ3) is 3.89. The first-order valence-electron chi connectivity index (χ1n) is 4.97. The van der Waals surface area contributed by atoms with Crippen LogP contribution in [0.15, 0.2) is 18.2 Å². The number of aliphatic hydroxyl groups is 1. The first-order valence-corrected chi connectivity index (χ1v) is 5.35. The standard InChI is InChI=1S/C11H14ClNO4/c1-17-6-8(5-14)13-10-4-7(12)2-3-9(10)11(15)16/h2-4,8,13-14H,5-6H2,1H3,(H,15,16). The van der Waals surface area contributed by atoms with Crippen molar-refractivity contribution in [2.45, 2.75) is 6.04 Å². The summed E-state index contributed by atoms with van der Waals surface area (Å²) in [6.07, 6.45) is 0. The summed E-state index contributed by atoms with van der Waals surface area (Å²) in [5.74, 6) is -1.06. The number of carboxylic acids is 1. The van der Waals surface area contributed by atoms with Gasteiger partial charge in [-0.3, -0.25) is 0 Å². The predicted molar refractivity (Wildman–Crippen MR) is 64.8 cm³/mol. The third-order valence-electron chi connectivity index (χ3n) is 2.16. The molecular formula is C11H14ClNO4. The van der Waals surface area contributed by atoms with Crippen molar-refractivity contribution >= 4 is 23.3 Å². The van der Waals surface area contributed by atoms with Crippen LogP contribution in [0.2, 0.25) is 5.02 Å². The summed E-state index contributed by atoms with van der Waals surface area (Å²) in [6.45, 7) is 0.0987. The average molecular weight is 260 g/mol. The van der Waals surface area contributed by atoms with Crippen LogP contribution in [0, 0.1) is 0 Å². The Morgan fingerprint density at radius 2 is 2.29 bits per heavy atom. The van der Waals surface area contributed by atoms with Crippen molar-refractivity contribution in [3.05, 3.63) is 28.8 Å². The van der Waals surface area contributed by atoms with Gasteiger partial charge in [0.2, 0.25) is 0 Å². The molecule has 0 amide bonds. The van der Waals surface area contributed by atoms with Gasteiger partial charge in [-0.25, -0.2) is 4.79 Å². The van der Waals surface area contributed by atoms with E-state index in [-0.39, 0.29) is 24.8 Å². The molecule has 94 valence electrons. The Morgan fingerprint density at radius 3 is 2.82 bits per heavy atom. The van der Waals surface area contributed by atoms with Gasteiger partial charge >= 0.3 is 5.97 Å². The first-order chi connectivity index (χ1) is 8.08. The van der Waals surface area contributed by atoms with Crippen LogP contribution in [0.4, 0.5) is 5.69 Å². The van der Waals surface area contributed by atoms with Crippen molar-refractivity contribution < 1.29 is 19.7 Å². The summed E-state index contributed by atoms with van der Waals surface area (Å²) < 4.78 is 4.89. The number of carboxylic acid groups (broad SMARTS) is 1. The minimum atomic E-state index is -1.06. The molecule has 0 aliphatic heterocycles. The highest BCUT2D eigenvalue weighted by Gasteiger charge is 2.14. The lowest BCUT2D eigenvalue weighted by atomic mass is 10.1. The minimum absolute atomic E-state index is 0.101. The van der Waals surface area contributed by atoms with E-state index in [4.69, 9.17) is 26.6 Å². The van der Waals surface area contributed by atoms with E-state index < -0.39 is 5.97 Å². The summed E-state index contributed by atoms with van der Waals surface area (Å²) in [4.78, 5) is 11.0. The van der Waals surface area contributed by atoms with Crippen molar-refractivity contribution in [3.63, 3.8) is 0 Å². The number of methoxy groups -OCH3 is 1. The topological polar surface area (TPSA) is 78.8 Å². The van der Waals surface area contributed by atoms with E-state index >= 15 is 0 Å². The predicted octanol–water partition coefficient (Wildman–Crippen LogP) is 1.46. The quantitative estimate of drug-likeness (QED) is 0.721. The van der Waals surface area contributed by atoms with Crippen LogP contribution in [0.25, 0.3) is 0 Å². The molecule has 1 aromatic carbocycles. The SMILES string of the molecule is COCC(CO)Nc1cc(Cl)ccc1C(=O)O. The number of aromatic carboxylic acids is 1. The van der Waals surface area contributed by atoms with Crippen LogP contribution in [0.5, 0.6) is 0 Å². The second-order valence-corrected chi connectivity index (χ2v) is 3.91. The zero-order chi connectivity index (χ0) is 12.8. The van der Waals surface area contributed by atoms with Crippen molar-refractivity contribution in [1.82, 2.24) is 0 Å². The van der Waals surface area contributed by atoms with Gasteiger partial charge in [0.1, 0.15) is 0 Å². The van der Waals surface area contributed by atoms with Gasteiger partial charge in [-0.15, -0.1) is 0 Å². The van der Waals surface area contributed by atoms with Gasteiger partial charge < -0.3 is 20.3 Å². The minimum Gasteiger partial charge on any atom is -0.478 e. The van der Waals surface area contributed by atoms with Crippen molar-refractivity contribution in [1.29, 1.82) is 0 Å². The van der Waals surface area contributed by atoms with Crippen molar-refractivity contribution in [2.75, 3.05) is 25.6 Å². The number of carbonyl (C=O) groups is 1. The van der Waals surface area contributed by atoms with Gasteiger partial charge in [-0.2, -0.15) is 0 Å². The molecule has 1 unspecified atom stereocenters. The maximum Gasteiger partial charge on any atom is 0.337 e. The zero-order valence-electron chi connectivity index (χ0n) is 9.31. The molecule has 0 heterocycles. The molecule has 0 aliphatic carbocycles. The fraction of sp³-hybridized carbons (Fsp3) is 0.364. The summed E-state index contributed by atoms with van der Waals surface area (Å²) in [6, 6.07) is 4.04. The molecule has 6 heteroatoms. The largest absolute Gasteiger partial charge is 0.478 e. The Hall–Kier alpha value is -1.30. The second-order valence-electron chi connectivity index (χ2n) is 3.47. The normalized spacial score (nSPS) is 12.2. The molecule has 1 aromatic rings. The molecule has 0 saturated carbocycles. The molecule has 0 saturated heterocycles. The molecule has 0 aromatic heterocycles. The van der Waals surface area contributed by atoms with Crippen LogP contribution >= 0.6 is 11.6 Å². The third-order valence-corrected chi connectivity index (χ3v) is 2.39. The average Bonchev–Trinajstić information content (AvgIpc) is 2.28. The molecule has 1 rings (SSSR count). The molecule has 0 aliphatic rings. The monoisotopic (exact) mass is 259 g/mol. The number of ether oxygens (including phenoxy) is 1. The van der Waals surface area contributed by atoms with E-state index in [9.17, 15) is 4.79 Å². The van der Waals surface area contributed by atoms with Crippen LogP contribution in [-0.2, 0) is 4.74 Å². The van der Waals surface area contributed by atoms with Crippen molar-refractivity contribution in [2.24, 2.45) is 0 Å². The van der Waals surface area contributed by atoms with Crippen molar-refractivity contribution in [3.8, 4) is 0 Å². The molecule has 1 atom stereocenters. The maximum atomic E-state index is 11.0. The molecule has 0 bridgehead atoms. The lowest BCUT2D eigenvalue weighted by molar-refractivity contribution is 0.0697. The highest BCUT2D eigenvalue weighted by Crippen LogP contribution is 2.21. The lowest BCUT2D eigenvalue weighted by Gasteiger charge is -2.18. The highest BCUT2D eigenvalue weighted by atomic mass is 35.5. The van der Waals surface area contributed by atoms with E-state index in [0.29, 0.717) is 10.7 Å². The number of nitrogens with one attached hydrogen (secondary N) is 1. The Balaban J connectivity index is 2.94. The van der Waals surface area contributed by atoms with Gasteiger partial charge in [-0.05, 0) is 18.2 Å². The molecule has 0 fully saturated rings. The number of hydrogen-bond acceptors (Lipinski definition) is 4. The van der Waals surface area contributed by atoms with Gasteiger partial charge in [0, 0.05) is 12.1 Å². The van der Waals surface area contributed by atoms with Gasteiger partial charge in [0.05, 0.1) is 30.5 Å². The lowest BCUT2D eigenvalue weighted by Crippen LogP contribution is -2.29. The molecule has 5 nitrogen and oxygen atoms in total. The van der Waals surface area contributed by atoms with E-state index in [0.717, 1.165) is 0 Å². The summed E-state index contributed by atoms with van der Waals surface area (Å²) in [5.41, 5.74) is 0.463. The fourth-order valence-electron chi connectivity index (χ4n) is 1.38. The van der Waals surface area contributed by atoms with Gasteiger partial charge in [0.15, 0.2) is 0 Å². The zero-order valence-corrected chi connectivity index (χ0v) is 10.1. The summed E-state index contributed by atoms with van der Waals surface area (Å²) in [7, 11) is 1.50. The van der Waals surface area contributed by atoms with Gasteiger partial charge in [-0.1, -0.05) is 11.6 Å². The van der Waals surface area contributed by atoms with E-state index in [1.54, 1.807) is 0 Å². The number of halogens is 1. The number of rotatable bonds is 6. The number of anilines is 1. The fourth-order valence-corrected chi connectivity index (χ4v) is 1.56. The van der Waals surface area contributed by atoms with Gasteiger partial charge in [0.25, 0.3) is 0 Å². The second kappa shape index (κ2) is 6.44. The molecule has 3 N–H and O–H groups in total. The van der Waals surface area contributed by atoms with Crippen LogP contribution < -0.4 is 5.32 Å². The van der Waals surface area contributed by atoms with Crippen LogP contribution in [-0.4, -0.2) is 42.5 Å². The molecule has 0 spiro atoms. The Morgan fingerprint density at radius 1 is 1.59 bits per heavy atom. The Kier molecular flexibility index (Phi) is 5.21. The van der Waals surface area contributed by atoms with E-state index in [1.807, 2.05) is 0 Å². The van der Waals surface area contributed by atoms with E-state index in [1.165, 1.54) is 25.3 Å². The maximum absolute atomic E-state index is 11.0.